The van der Waals surface area contributed by atoms with E-state index < -0.39 is 11.4 Å². The molecule has 5 heteroatoms. The molecule has 0 aromatic heterocycles. The van der Waals surface area contributed by atoms with Gasteiger partial charge >= 0.3 is 0 Å². The zero-order chi connectivity index (χ0) is 14.3. The van der Waals surface area contributed by atoms with Gasteiger partial charge in [0.2, 0.25) is 0 Å². The number of piperidine rings is 1. The Bertz CT molecular complexity index is 322. The van der Waals surface area contributed by atoms with E-state index >= 15 is 0 Å². The van der Waals surface area contributed by atoms with E-state index in [0.717, 1.165) is 32.5 Å². The molecule has 2 saturated heterocycles. The number of hydrogen-bond donors (Lipinski definition) is 2. The molecule has 2 fully saturated rings. The normalized spacial score (nSPS) is 31.6. The van der Waals surface area contributed by atoms with Crippen LogP contribution in [0.25, 0.3) is 0 Å². The smallest absolute Gasteiger partial charge is 0.136 e. The Labute approximate surface area is 120 Å². The van der Waals surface area contributed by atoms with Crippen molar-refractivity contribution in [3.63, 3.8) is 0 Å². The average molecular weight is 288 g/mol. The fourth-order valence-corrected chi connectivity index (χ4v) is 4.24. The van der Waals surface area contributed by atoms with Crippen molar-refractivity contribution in [2.24, 2.45) is 5.41 Å². The molecule has 2 aliphatic heterocycles. The summed E-state index contributed by atoms with van der Waals surface area (Å²) in [6, 6.07) is 0.155. The highest BCUT2D eigenvalue weighted by molar-refractivity contribution is 7.90. The average Bonchev–Trinajstić information content (AvgIpc) is 2.54. The minimum Gasteiger partial charge on any atom is -0.598 e. The molecule has 0 bridgehead atoms. The van der Waals surface area contributed by atoms with Gasteiger partial charge in [-0.1, -0.05) is 0 Å². The lowest BCUT2D eigenvalue weighted by Crippen LogP contribution is -2.59. The molecule has 2 N–H and O–H groups in total. The van der Waals surface area contributed by atoms with Crippen LogP contribution in [0.5, 0.6) is 0 Å². The quantitative estimate of drug-likeness (QED) is 0.758. The number of hydrogen-bond acceptors (Lipinski definition) is 4. The van der Waals surface area contributed by atoms with Crippen molar-refractivity contribution in [1.82, 2.24) is 10.0 Å². The standard InChI is InChI=1S/C14H28N2O2S/c1-12(2,3)19(17)16-11-13(4,5)18-10-14(11)6-8-15-9-7-14/h11,15-16H,6-10H2,1-5H3/t11-,19?/m0/s1. The molecule has 1 spiro atoms. The largest absolute Gasteiger partial charge is 0.598 e. The topological polar surface area (TPSA) is 56.3 Å². The minimum absolute atomic E-state index is 0.135. The van der Waals surface area contributed by atoms with Crippen molar-refractivity contribution >= 4 is 11.4 Å². The van der Waals surface area contributed by atoms with Gasteiger partial charge in [-0.3, -0.25) is 0 Å². The predicted octanol–water partition coefficient (Wildman–Crippen LogP) is 1.59. The molecule has 0 saturated carbocycles. The lowest BCUT2D eigenvalue weighted by molar-refractivity contribution is 0.0228. The van der Waals surface area contributed by atoms with Crippen molar-refractivity contribution in [1.29, 1.82) is 0 Å². The molecule has 2 aliphatic rings. The second-order valence-electron chi connectivity index (χ2n) is 7.44. The predicted molar refractivity (Wildman–Crippen MR) is 79.4 cm³/mol. The summed E-state index contributed by atoms with van der Waals surface area (Å²) < 4.78 is 21.6. The van der Waals surface area contributed by atoms with Gasteiger partial charge in [0.15, 0.2) is 0 Å². The van der Waals surface area contributed by atoms with Crippen LogP contribution in [0, 0.1) is 5.41 Å². The maximum absolute atomic E-state index is 12.5. The Kier molecular flexibility index (Phi) is 4.25. The first-order chi connectivity index (χ1) is 8.67. The molecule has 0 aromatic rings. The maximum Gasteiger partial charge on any atom is 0.136 e. The fraction of sp³-hybridized carbons (Fsp3) is 1.00. The summed E-state index contributed by atoms with van der Waals surface area (Å²) >= 11 is -1.05. The van der Waals surface area contributed by atoms with E-state index in [1.807, 2.05) is 20.8 Å². The lowest BCUT2D eigenvalue weighted by Gasteiger charge is -2.41. The summed E-state index contributed by atoms with van der Waals surface area (Å²) in [6.07, 6.45) is 2.19. The van der Waals surface area contributed by atoms with Gasteiger partial charge in [0.25, 0.3) is 0 Å². The van der Waals surface area contributed by atoms with E-state index in [0.29, 0.717) is 0 Å². The van der Waals surface area contributed by atoms with E-state index in [2.05, 4.69) is 23.9 Å². The summed E-state index contributed by atoms with van der Waals surface area (Å²) in [5.74, 6) is 0. The highest BCUT2D eigenvalue weighted by atomic mass is 32.2. The molecule has 112 valence electrons. The molecule has 2 atom stereocenters. The zero-order valence-corrected chi connectivity index (χ0v) is 13.7. The van der Waals surface area contributed by atoms with Crippen LogP contribution >= 0.6 is 0 Å². The molecule has 0 aromatic carbocycles. The van der Waals surface area contributed by atoms with Crippen LogP contribution in [0.1, 0.15) is 47.5 Å². The molecular weight excluding hydrogens is 260 g/mol. The van der Waals surface area contributed by atoms with Crippen LogP contribution in [-0.4, -0.2) is 40.6 Å². The Morgan fingerprint density at radius 3 is 2.37 bits per heavy atom. The maximum atomic E-state index is 12.5. The molecular formula is C14H28N2O2S. The third-order valence-corrected chi connectivity index (χ3v) is 5.98. The zero-order valence-electron chi connectivity index (χ0n) is 12.8. The van der Waals surface area contributed by atoms with Crippen LogP contribution in [0.3, 0.4) is 0 Å². The summed E-state index contributed by atoms with van der Waals surface area (Å²) in [4.78, 5) is 0. The lowest BCUT2D eigenvalue weighted by atomic mass is 9.71. The van der Waals surface area contributed by atoms with Crippen molar-refractivity contribution in [2.75, 3.05) is 19.7 Å². The van der Waals surface area contributed by atoms with Crippen LogP contribution in [-0.2, 0) is 16.1 Å². The SMILES string of the molecule is CC1(C)OCC2(CCNCC2)[C@H]1N[S+]([O-])C(C)(C)C. The molecule has 0 radical (unpaired) electrons. The molecule has 2 heterocycles. The first kappa shape index (κ1) is 15.6. The first-order valence-electron chi connectivity index (χ1n) is 7.20. The van der Waals surface area contributed by atoms with E-state index in [4.69, 9.17) is 4.74 Å². The second kappa shape index (κ2) is 5.19. The summed E-state index contributed by atoms with van der Waals surface area (Å²) in [5, 5.41) is 3.41. The molecule has 0 aliphatic carbocycles. The number of nitrogens with one attached hydrogen (secondary N) is 2. The van der Waals surface area contributed by atoms with E-state index in [9.17, 15) is 4.55 Å². The van der Waals surface area contributed by atoms with E-state index in [-0.39, 0.29) is 21.8 Å². The molecule has 4 nitrogen and oxygen atoms in total. The Morgan fingerprint density at radius 2 is 1.84 bits per heavy atom. The van der Waals surface area contributed by atoms with Gasteiger partial charge in [0.05, 0.1) is 18.2 Å². The minimum atomic E-state index is -1.05. The second-order valence-corrected chi connectivity index (χ2v) is 9.43. The van der Waals surface area contributed by atoms with Crippen molar-refractivity contribution in [3.05, 3.63) is 0 Å². The Hall–Kier alpha value is 0.190. The van der Waals surface area contributed by atoms with Gasteiger partial charge in [0.1, 0.15) is 4.75 Å². The first-order valence-corrected chi connectivity index (χ1v) is 8.35. The van der Waals surface area contributed by atoms with E-state index in [1.54, 1.807) is 0 Å². The van der Waals surface area contributed by atoms with Gasteiger partial charge in [-0.15, -0.1) is 4.72 Å². The van der Waals surface area contributed by atoms with Gasteiger partial charge in [0, 0.05) is 16.8 Å². The van der Waals surface area contributed by atoms with Gasteiger partial charge in [-0.25, -0.2) is 0 Å². The fourth-order valence-electron chi connectivity index (χ4n) is 3.14. The van der Waals surface area contributed by atoms with Crippen LogP contribution in [0.15, 0.2) is 0 Å². The van der Waals surface area contributed by atoms with Gasteiger partial charge in [-0.05, 0) is 60.5 Å². The molecule has 2 rings (SSSR count). The third kappa shape index (κ3) is 3.10. The number of rotatable bonds is 2. The van der Waals surface area contributed by atoms with Crippen molar-refractivity contribution in [2.45, 2.75) is 63.9 Å². The van der Waals surface area contributed by atoms with Crippen molar-refractivity contribution in [3.8, 4) is 0 Å². The van der Waals surface area contributed by atoms with Gasteiger partial charge in [-0.2, -0.15) is 0 Å². The molecule has 19 heavy (non-hydrogen) atoms. The Morgan fingerprint density at radius 1 is 1.26 bits per heavy atom. The number of ether oxygens (including phenoxy) is 1. The monoisotopic (exact) mass is 288 g/mol. The molecule has 1 unspecified atom stereocenters. The summed E-state index contributed by atoms with van der Waals surface area (Å²) in [6.45, 7) is 13.1. The Balaban J connectivity index is 2.17. The summed E-state index contributed by atoms with van der Waals surface area (Å²) in [5.41, 5.74) is -0.117. The van der Waals surface area contributed by atoms with Crippen LogP contribution in [0.2, 0.25) is 0 Å². The van der Waals surface area contributed by atoms with Crippen LogP contribution < -0.4 is 10.0 Å². The summed E-state index contributed by atoms with van der Waals surface area (Å²) in [7, 11) is 0. The highest BCUT2D eigenvalue weighted by Crippen LogP contribution is 2.46. The third-order valence-electron chi connectivity index (χ3n) is 4.42. The highest BCUT2D eigenvalue weighted by Gasteiger charge is 2.56. The van der Waals surface area contributed by atoms with Crippen molar-refractivity contribution < 1.29 is 9.29 Å². The van der Waals surface area contributed by atoms with Crippen LogP contribution in [0.4, 0.5) is 0 Å². The van der Waals surface area contributed by atoms with E-state index in [1.165, 1.54) is 0 Å². The molecule has 0 amide bonds. The van der Waals surface area contributed by atoms with Gasteiger partial charge < -0.3 is 14.6 Å².